The molecule has 118 valence electrons. The minimum atomic E-state index is -4.39. The zero-order valence-electron chi connectivity index (χ0n) is 12.1. The number of hydrogen-bond donors (Lipinski definition) is 0. The molecule has 0 amide bonds. The molecule has 0 spiro atoms. The Hall–Kier alpha value is -2.21. The number of methoxy groups -OCH3 is 1. The highest BCUT2D eigenvalue weighted by molar-refractivity contribution is 8.00. The third-order valence-corrected chi connectivity index (χ3v) is 4.02. The summed E-state index contributed by atoms with van der Waals surface area (Å²) in [4.78, 5) is 4.21. The van der Waals surface area contributed by atoms with E-state index in [2.05, 4.69) is 4.98 Å². The summed E-state index contributed by atoms with van der Waals surface area (Å²) in [6, 6.07) is 15.8. The lowest BCUT2D eigenvalue weighted by Gasteiger charge is -2.12. The van der Waals surface area contributed by atoms with E-state index in [1.54, 1.807) is 24.3 Å². The van der Waals surface area contributed by atoms with E-state index in [9.17, 15) is 13.2 Å². The van der Waals surface area contributed by atoms with Crippen molar-refractivity contribution in [2.45, 2.75) is 10.5 Å². The summed E-state index contributed by atoms with van der Waals surface area (Å²) in [5, 5.41) is 1.05. The van der Waals surface area contributed by atoms with Gasteiger partial charge in [-0.15, -0.1) is 0 Å². The fourth-order valence-corrected chi connectivity index (χ4v) is 2.93. The first-order chi connectivity index (χ1) is 11.0. The Labute approximate surface area is 135 Å². The van der Waals surface area contributed by atoms with Crippen LogP contribution in [0.3, 0.4) is 0 Å². The molecule has 0 unspecified atom stereocenters. The number of rotatable bonds is 3. The van der Waals surface area contributed by atoms with Crippen LogP contribution >= 0.6 is 11.8 Å². The van der Waals surface area contributed by atoms with Gasteiger partial charge in [0.05, 0.1) is 12.8 Å². The van der Waals surface area contributed by atoms with E-state index in [1.165, 1.54) is 7.11 Å². The second-order valence-electron chi connectivity index (χ2n) is 4.81. The molecule has 0 aliphatic carbocycles. The van der Waals surface area contributed by atoms with Crippen LogP contribution in [0.2, 0.25) is 0 Å². The van der Waals surface area contributed by atoms with Crippen molar-refractivity contribution in [2.24, 2.45) is 0 Å². The number of aromatic nitrogens is 1. The molecule has 1 aromatic heterocycles. The Morgan fingerprint density at radius 2 is 1.74 bits per heavy atom. The van der Waals surface area contributed by atoms with E-state index in [-0.39, 0.29) is 16.8 Å². The summed E-state index contributed by atoms with van der Waals surface area (Å²) in [5.41, 5.74) is -3.13. The average molecular weight is 335 g/mol. The standard InChI is InChI=1S/C17H12F3NOS/c1-22-13-7-8-14-12(9-13)10-15(11-5-3-2-4-6-11)21-16(14)23-17(18,19)20/h2-10H,1H3. The maximum Gasteiger partial charge on any atom is 0.447 e. The summed E-state index contributed by atoms with van der Waals surface area (Å²) in [5.74, 6) is 0.589. The van der Waals surface area contributed by atoms with E-state index in [0.717, 1.165) is 5.56 Å². The third kappa shape index (κ3) is 3.59. The molecule has 0 atom stereocenters. The number of pyridine rings is 1. The van der Waals surface area contributed by atoms with Gasteiger partial charge in [-0.3, -0.25) is 0 Å². The van der Waals surface area contributed by atoms with Crippen molar-refractivity contribution in [3.63, 3.8) is 0 Å². The molecule has 3 aromatic rings. The topological polar surface area (TPSA) is 22.1 Å². The molecule has 2 nitrogen and oxygen atoms in total. The van der Waals surface area contributed by atoms with Gasteiger partial charge in [0.25, 0.3) is 0 Å². The van der Waals surface area contributed by atoms with Gasteiger partial charge < -0.3 is 4.74 Å². The molecule has 0 radical (unpaired) electrons. The maximum absolute atomic E-state index is 12.8. The van der Waals surface area contributed by atoms with Gasteiger partial charge in [0, 0.05) is 22.7 Å². The monoisotopic (exact) mass is 335 g/mol. The van der Waals surface area contributed by atoms with Crippen molar-refractivity contribution >= 4 is 22.5 Å². The van der Waals surface area contributed by atoms with E-state index in [1.807, 2.05) is 30.3 Å². The van der Waals surface area contributed by atoms with Crippen LogP contribution in [0.15, 0.2) is 59.6 Å². The number of nitrogens with zero attached hydrogens (tertiary/aromatic N) is 1. The van der Waals surface area contributed by atoms with Gasteiger partial charge in [0.15, 0.2) is 0 Å². The zero-order valence-corrected chi connectivity index (χ0v) is 12.9. The maximum atomic E-state index is 12.8. The van der Waals surface area contributed by atoms with Crippen molar-refractivity contribution in [2.75, 3.05) is 7.11 Å². The highest BCUT2D eigenvalue weighted by atomic mass is 32.2. The summed E-state index contributed by atoms with van der Waals surface area (Å²) in [6.07, 6.45) is 0. The van der Waals surface area contributed by atoms with Gasteiger partial charge in [-0.2, -0.15) is 13.2 Å². The number of fused-ring (bicyclic) bond motifs is 1. The van der Waals surface area contributed by atoms with Gasteiger partial charge in [-0.25, -0.2) is 4.98 Å². The summed E-state index contributed by atoms with van der Waals surface area (Å²) < 4.78 is 43.7. The minimum Gasteiger partial charge on any atom is -0.497 e. The first-order valence-corrected chi connectivity index (χ1v) is 7.58. The molecule has 0 aliphatic heterocycles. The molecule has 0 bridgehead atoms. The molecule has 6 heteroatoms. The van der Waals surface area contributed by atoms with E-state index < -0.39 is 5.51 Å². The van der Waals surface area contributed by atoms with Crippen LogP contribution in [0.25, 0.3) is 22.0 Å². The summed E-state index contributed by atoms with van der Waals surface area (Å²) in [6.45, 7) is 0. The van der Waals surface area contributed by atoms with E-state index >= 15 is 0 Å². The van der Waals surface area contributed by atoms with Crippen molar-refractivity contribution in [3.05, 3.63) is 54.6 Å². The van der Waals surface area contributed by atoms with Crippen LogP contribution in [0, 0.1) is 0 Å². The van der Waals surface area contributed by atoms with Crippen LogP contribution in [-0.2, 0) is 0 Å². The second kappa shape index (κ2) is 6.12. The van der Waals surface area contributed by atoms with Crippen LogP contribution in [-0.4, -0.2) is 17.6 Å². The van der Waals surface area contributed by atoms with Crippen LogP contribution < -0.4 is 4.74 Å². The lowest BCUT2D eigenvalue weighted by molar-refractivity contribution is -0.0328. The van der Waals surface area contributed by atoms with Gasteiger partial charge in [-0.1, -0.05) is 30.3 Å². The largest absolute Gasteiger partial charge is 0.497 e. The quantitative estimate of drug-likeness (QED) is 0.588. The molecule has 0 fully saturated rings. The Bertz CT molecular complexity index is 834. The molecular formula is C17H12F3NOS. The van der Waals surface area contributed by atoms with Gasteiger partial charge >= 0.3 is 5.51 Å². The molecule has 1 heterocycles. The van der Waals surface area contributed by atoms with Gasteiger partial charge in [-0.05, 0) is 29.7 Å². The molecule has 23 heavy (non-hydrogen) atoms. The Kier molecular flexibility index (Phi) is 4.17. The first kappa shape index (κ1) is 15.7. The lowest BCUT2D eigenvalue weighted by atomic mass is 10.1. The molecule has 3 rings (SSSR count). The Balaban J connectivity index is 2.22. The van der Waals surface area contributed by atoms with Crippen molar-refractivity contribution < 1.29 is 17.9 Å². The SMILES string of the molecule is COc1ccc2c(SC(F)(F)F)nc(-c3ccccc3)cc2c1. The number of hydrogen-bond acceptors (Lipinski definition) is 3. The van der Waals surface area contributed by atoms with Crippen LogP contribution in [0.1, 0.15) is 0 Å². The smallest absolute Gasteiger partial charge is 0.447 e. The van der Waals surface area contributed by atoms with Gasteiger partial charge in [0.1, 0.15) is 10.8 Å². The first-order valence-electron chi connectivity index (χ1n) is 6.76. The predicted octanol–water partition coefficient (Wildman–Crippen LogP) is 5.52. The van der Waals surface area contributed by atoms with Crippen LogP contribution in [0.4, 0.5) is 13.2 Å². The molecule has 0 saturated heterocycles. The van der Waals surface area contributed by atoms with Crippen molar-refractivity contribution in [1.82, 2.24) is 4.98 Å². The average Bonchev–Trinajstić information content (AvgIpc) is 2.53. The Morgan fingerprint density at radius 3 is 2.39 bits per heavy atom. The predicted molar refractivity (Wildman–Crippen MR) is 85.6 cm³/mol. The fourth-order valence-electron chi connectivity index (χ4n) is 2.28. The van der Waals surface area contributed by atoms with E-state index in [0.29, 0.717) is 22.2 Å². The third-order valence-electron chi connectivity index (χ3n) is 3.29. The summed E-state index contributed by atoms with van der Waals surface area (Å²) in [7, 11) is 1.52. The summed E-state index contributed by atoms with van der Waals surface area (Å²) >= 11 is -0.199. The molecule has 0 aliphatic rings. The van der Waals surface area contributed by atoms with Gasteiger partial charge in [0.2, 0.25) is 0 Å². The van der Waals surface area contributed by atoms with Crippen molar-refractivity contribution in [3.8, 4) is 17.0 Å². The molecule has 0 saturated carbocycles. The van der Waals surface area contributed by atoms with Crippen molar-refractivity contribution in [1.29, 1.82) is 0 Å². The molecule has 2 aromatic carbocycles. The second-order valence-corrected chi connectivity index (χ2v) is 5.87. The number of ether oxygens (including phenoxy) is 1. The number of benzene rings is 2. The van der Waals surface area contributed by atoms with Crippen LogP contribution in [0.5, 0.6) is 5.75 Å². The lowest BCUT2D eigenvalue weighted by Crippen LogP contribution is -2.01. The highest BCUT2D eigenvalue weighted by Crippen LogP contribution is 2.41. The molecule has 0 N–H and O–H groups in total. The fraction of sp³-hybridized carbons (Fsp3) is 0.118. The highest BCUT2D eigenvalue weighted by Gasteiger charge is 2.31. The zero-order chi connectivity index (χ0) is 16.4. The molecular weight excluding hydrogens is 323 g/mol. The Morgan fingerprint density at radius 1 is 1.00 bits per heavy atom. The number of halogens is 3. The minimum absolute atomic E-state index is 0.0588. The number of thioether (sulfide) groups is 1. The normalized spacial score (nSPS) is 11.7. The number of alkyl halides is 3. The van der Waals surface area contributed by atoms with E-state index in [4.69, 9.17) is 4.74 Å².